The number of aryl methyl sites for hydroxylation is 1. The van der Waals surface area contributed by atoms with Crippen LogP contribution in [-0.4, -0.2) is 41.9 Å². The number of nitrogens with zero attached hydrogens (tertiary/aromatic N) is 1. The van der Waals surface area contributed by atoms with Crippen LogP contribution in [0.4, 0.5) is 0 Å². The SMILES string of the molecule is Cc1ccc(CN(CCc2ccccc2)CC(O)COC(C)C)s1. The monoisotopic (exact) mass is 347 g/mol. The first-order chi connectivity index (χ1) is 11.5. The summed E-state index contributed by atoms with van der Waals surface area (Å²) in [4.78, 5) is 5.00. The number of ether oxygens (including phenoxy) is 1. The van der Waals surface area contributed by atoms with Crippen molar-refractivity contribution in [1.82, 2.24) is 4.90 Å². The molecule has 0 aliphatic carbocycles. The van der Waals surface area contributed by atoms with Crippen LogP contribution >= 0.6 is 11.3 Å². The topological polar surface area (TPSA) is 32.7 Å². The highest BCUT2D eigenvalue weighted by molar-refractivity contribution is 7.11. The van der Waals surface area contributed by atoms with E-state index in [1.165, 1.54) is 15.3 Å². The van der Waals surface area contributed by atoms with Crippen LogP contribution in [0, 0.1) is 6.92 Å². The van der Waals surface area contributed by atoms with Gasteiger partial charge in [-0.05, 0) is 44.9 Å². The van der Waals surface area contributed by atoms with Gasteiger partial charge >= 0.3 is 0 Å². The molecule has 0 radical (unpaired) electrons. The second kappa shape index (κ2) is 9.94. The molecule has 132 valence electrons. The molecule has 0 saturated heterocycles. The van der Waals surface area contributed by atoms with Crippen molar-refractivity contribution in [2.75, 3.05) is 19.7 Å². The third-order valence-electron chi connectivity index (χ3n) is 3.83. The van der Waals surface area contributed by atoms with Gasteiger partial charge in [0.05, 0.1) is 18.8 Å². The molecule has 0 aliphatic heterocycles. The van der Waals surface area contributed by atoms with E-state index in [0.717, 1.165) is 19.5 Å². The van der Waals surface area contributed by atoms with Crippen molar-refractivity contribution in [2.45, 2.75) is 45.9 Å². The number of aliphatic hydroxyl groups excluding tert-OH is 1. The Balaban J connectivity index is 1.92. The Kier molecular flexibility index (Phi) is 7.92. The Labute approximate surface area is 149 Å². The molecule has 0 saturated carbocycles. The molecule has 2 rings (SSSR count). The van der Waals surface area contributed by atoms with E-state index in [0.29, 0.717) is 13.2 Å². The van der Waals surface area contributed by atoms with E-state index in [4.69, 9.17) is 4.74 Å². The van der Waals surface area contributed by atoms with Crippen molar-refractivity contribution >= 4 is 11.3 Å². The van der Waals surface area contributed by atoms with Crippen molar-refractivity contribution in [3.05, 3.63) is 57.8 Å². The Morgan fingerprint density at radius 2 is 1.88 bits per heavy atom. The first-order valence-corrected chi connectivity index (χ1v) is 9.46. The van der Waals surface area contributed by atoms with Gasteiger partial charge in [-0.15, -0.1) is 11.3 Å². The zero-order chi connectivity index (χ0) is 17.4. The molecule has 1 atom stereocenters. The van der Waals surface area contributed by atoms with Gasteiger partial charge in [-0.1, -0.05) is 30.3 Å². The van der Waals surface area contributed by atoms with E-state index in [9.17, 15) is 5.11 Å². The summed E-state index contributed by atoms with van der Waals surface area (Å²) < 4.78 is 5.55. The highest BCUT2D eigenvalue weighted by Crippen LogP contribution is 2.18. The second-order valence-corrected chi connectivity index (χ2v) is 7.89. The lowest BCUT2D eigenvalue weighted by Gasteiger charge is -2.25. The second-order valence-electron chi connectivity index (χ2n) is 6.52. The summed E-state index contributed by atoms with van der Waals surface area (Å²) in [6, 6.07) is 14.9. The van der Waals surface area contributed by atoms with Crippen LogP contribution in [0.1, 0.15) is 29.2 Å². The molecule has 0 aliphatic rings. The number of aliphatic hydroxyl groups is 1. The smallest absolute Gasteiger partial charge is 0.0900 e. The van der Waals surface area contributed by atoms with E-state index in [1.54, 1.807) is 0 Å². The van der Waals surface area contributed by atoms with Crippen LogP contribution in [0.2, 0.25) is 0 Å². The maximum atomic E-state index is 10.3. The zero-order valence-corrected chi connectivity index (χ0v) is 15.8. The molecule has 3 nitrogen and oxygen atoms in total. The van der Waals surface area contributed by atoms with E-state index >= 15 is 0 Å². The van der Waals surface area contributed by atoms with Crippen LogP contribution < -0.4 is 0 Å². The van der Waals surface area contributed by atoms with Gasteiger partial charge in [0, 0.05) is 29.4 Å². The first kappa shape index (κ1) is 19.1. The Hall–Kier alpha value is -1.20. The van der Waals surface area contributed by atoms with E-state index in [2.05, 4.69) is 48.2 Å². The normalized spacial score (nSPS) is 12.9. The average Bonchev–Trinajstić information content (AvgIpc) is 2.96. The molecular weight excluding hydrogens is 318 g/mol. The standard InChI is InChI=1S/C20H29NO2S/c1-16(2)23-15-19(22)13-21(14-20-10-9-17(3)24-20)12-11-18-7-5-4-6-8-18/h4-10,16,19,22H,11-15H2,1-3H3. The number of hydrogen-bond donors (Lipinski definition) is 1. The van der Waals surface area contributed by atoms with Crippen LogP contribution in [0.25, 0.3) is 0 Å². The number of hydrogen-bond acceptors (Lipinski definition) is 4. The highest BCUT2D eigenvalue weighted by Gasteiger charge is 2.14. The Morgan fingerprint density at radius 1 is 1.12 bits per heavy atom. The third kappa shape index (κ3) is 7.14. The van der Waals surface area contributed by atoms with Crippen LogP contribution in [0.3, 0.4) is 0 Å². The molecule has 1 heterocycles. The van der Waals surface area contributed by atoms with Gasteiger partial charge in [0.2, 0.25) is 0 Å². The average molecular weight is 348 g/mol. The van der Waals surface area contributed by atoms with Crippen LogP contribution in [0.15, 0.2) is 42.5 Å². The number of rotatable bonds is 10. The summed E-state index contributed by atoms with van der Waals surface area (Å²) >= 11 is 1.83. The van der Waals surface area contributed by atoms with Gasteiger partial charge in [-0.3, -0.25) is 4.90 Å². The van der Waals surface area contributed by atoms with Crippen molar-refractivity contribution in [1.29, 1.82) is 0 Å². The molecule has 0 amide bonds. The van der Waals surface area contributed by atoms with Gasteiger partial charge in [0.25, 0.3) is 0 Å². The lowest BCUT2D eigenvalue weighted by atomic mass is 10.1. The zero-order valence-electron chi connectivity index (χ0n) is 14.9. The lowest BCUT2D eigenvalue weighted by Crippen LogP contribution is -2.36. The number of benzene rings is 1. The molecule has 2 aromatic rings. The summed E-state index contributed by atoms with van der Waals surface area (Å²) in [5.74, 6) is 0. The molecule has 0 bridgehead atoms. The minimum absolute atomic E-state index is 0.150. The summed E-state index contributed by atoms with van der Waals surface area (Å²) in [5.41, 5.74) is 1.33. The van der Waals surface area contributed by atoms with Crippen molar-refractivity contribution in [2.24, 2.45) is 0 Å². The fraction of sp³-hybridized carbons (Fsp3) is 0.500. The van der Waals surface area contributed by atoms with Crippen LogP contribution in [0.5, 0.6) is 0 Å². The quantitative estimate of drug-likeness (QED) is 0.708. The molecule has 1 aromatic heterocycles. The van der Waals surface area contributed by atoms with E-state index in [1.807, 2.05) is 31.3 Å². The molecule has 0 fully saturated rings. The molecule has 24 heavy (non-hydrogen) atoms. The number of thiophene rings is 1. The van der Waals surface area contributed by atoms with Crippen molar-refractivity contribution in [3.8, 4) is 0 Å². The van der Waals surface area contributed by atoms with Crippen LogP contribution in [-0.2, 0) is 17.7 Å². The molecule has 1 aromatic carbocycles. The highest BCUT2D eigenvalue weighted by atomic mass is 32.1. The predicted molar refractivity (Wildman–Crippen MR) is 102 cm³/mol. The first-order valence-electron chi connectivity index (χ1n) is 8.64. The summed E-state index contributed by atoms with van der Waals surface area (Å²) in [6.45, 7) is 8.96. The van der Waals surface area contributed by atoms with Crippen molar-refractivity contribution < 1.29 is 9.84 Å². The molecule has 1 N–H and O–H groups in total. The Bertz CT molecular complexity index is 582. The van der Waals surface area contributed by atoms with Gasteiger partial charge < -0.3 is 9.84 Å². The maximum Gasteiger partial charge on any atom is 0.0900 e. The van der Waals surface area contributed by atoms with Gasteiger partial charge in [0.15, 0.2) is 0 Å². The minimum atomic E-state index is -0.454. The van der Waals surface area contributed by atoms with Gasteiger partial charge in [-0.2, -0.15) is 0 Å². The van der Waals surface area contributed by atoms with Crippen molar-refractivity contribution in [3.63, 3.8) is 0 Å². The Morgan fingerprint density at radius 3 is 2.50 bits per heavy atom. The predicted octanol–water partition coefficient (Wildman–Crippen LogP) is 3.89. The largest absolute Gasteiger partial charge is 0.389 e. The fourth-order valence-electron chi connectivity index (χ4n) is 2.61. The molecular formula is C20H29NO2S. The molecule has 0 spiro atoms. The molecule has 1 unspecified atom stereocenters. The summed E-state index contributed by atoms with van der Waals surface area (Å²) in [6.07, 6.45) is 0.685. The van der Waals surface area contributed by atoms with E-state index in [-0.39, 0.29) is 6.10 Å². The lowest BCUT2D eigenvalue weighted by molar-refractivity contribution is -0.00926. The summed E-state index contributed by atoms with van der Waals surface area (Å²) in [5, 5.41) is 10.3. The van der Waals surface area contributed by atoms with E-state index < -0.39 is 6.10 Å². The minimum Gasteiger partial charge on any atom is -0.389 e. The van der Waals surface area contributed by atoms with Gasteiger partial charge in [-0.25, -0.2) is 0 Å². The fourth-order valence-corrected chi connectivity index (χ4v) is 3.54. The van der Waals surface area contributed by atoms with Gasteiger partial charge in [0.1, 0.15) is 0 Å². The summed E-state index contributed by atoms with van der Waals surface area (Å²) in [7, 11) is 0. The molecule has 4 heteroatoms. The maximum absolute atomic E-state index is 10.3. The third-order valence-corrected chi connectivity index (χ3v) is 4.81.